The van der Waals surface area contributed by atoms with Gasteiger partial charge >= 0.3 is 5.97 Å². The number of fused-ring (bicyclic) bond motifs is 2. The Balaban J connectivity index is 1.45. The highest BCUT2D eigenvalue weighted by atomic mass is 19.1. The Hall–Kier alpha value is -2.36. The van der Waals surface area contributed by atoms with Crippen molar-refractivity contribution in [1.82, 2.24) is 0 Å². The Kier molecular flexibility index (Phi) is 4.66. The van der Waals surface area contributed by atoms with E-state index in [1.54, 1.807) is 6.92 Å². The molecule has 2 aliphatic carbocycles. The summed E-state index contributed by atoms with van der Waals surface area (Å²) in [5, 5.41) is 0. The van der Waals surface area contributed by atoms with E-state index in [9.17, 15) is 9.18 Å². The number of hydrogen-bond donors (Lipinski definition) is 0. The molecular weight excluding hydrogens is 331 g/mol. The van der Waals surface area contributed by atoms with Crippen LogP contribution in [0.5, 0.6) is 11.5 Å². The van der Waals surface area contributed by atoms with Gasteiger partial charge in [0.15, 0.2) is 11.6 Å². The van der Waals surface area contributed by atoms with E-state index in [4.69, 9.17) is 9.47 Å². The van der Waals surface area contributed by atoms with E-state index in [1.807, 2.05) is 12.1 Å². The number of halogens is 1. The minimum absolute atomic E-state index is 0.103. The topological polar surface area (TPSA) is 35.5 Å². The number of rotatable bonds is 5. The lowest BCUT2D eigenvalue weighted by molar-refractivity contribution is 0.0525. The van der Waals surface area contributed by atoms with Crippen molar-refractivity contribution >= 4 is 5.97 Å². The van der Waals surface area contributed by atoms with Crippen LogP contribution in [0.1, 0.15) is 54.4 Å². The lowest BCUT2D eigenvalue weighted by Gasteiger charge is -2.22. The number of carbonyl (C=O) groups is 1. The lowest BCUT2D eigenvalue weighted by Crippen LogP contribution is -2.08. The molecule has 0 radical (unpaired) electrons. The summed E-state index contributed by atoms with van der Waals surface area (Å²) in [7, 11) is 0. The van der Waals surface area contributed by atoms with E-state index < -0.39 is 11.8 Å². The van der Waals surface area contributed by atoms with Gasteiger partial charge in [0.25, 0.3) is 0 Å². The van der Waals surface area contributed by atoms with Crippen LogP contribution in [0.25, 0.3) is 0 Å². The molecule has 2 aromatic carbocycles. The molecular formula is C22H23FO3. The minimum atomic E-state index is -0.576. The van der Waals surface area contributed by atoms with E-state index in [2.05, 4.69) is 12.1 Å². The molecule has 3 nitrogen and oxygen atoms in total. The molecule has 4 rings (SSSR count). The van der Waals surface area contributed by atoms with E-state index in [-0.39, 0.29) is 17.9 Å². The van der Waals surface area contributed by atoms with Gasteiger partial charge in [-0.05, 0) is 79.8 Å². The molecule has 2 saturated carbocycles. The van der Waals surface area contributed by atoms with Crippen LogP contribution >= 0.6 is 0 Å². The van der Waals surface area contributed by atoms with E-state index >= 15 is 0 Å². The van der Waals surface area contributed by atoms with Crippen molar-refractivity contribution in [3.63, 3.8) is 0 Å². The second-order valence-electron chi connectivity index (χ2n) is 7.32. The highest BCUT2D eigenvalue weighted by Gasteiger charge is 2.39. The van der Waals surface area contributed by atoms with Crippen molar-refractivity contribution in [3.8, 4) is 11.5 Å². The van der Waals surface area contributed by atoms with Gasteiger partial charge in [-0.1, -0.05) is 18.6 Å². The Bertz CT molecular complexity index is 800. The van der Waals surface area contributed by atoms with Crippen LogP contribution < -0.4 is 4.74 Å². The first-order valence-corrected chi connectivity index (χ1v) is 9.38. The largest absolute Gasteiger partial charge is 0.462 e. The van der Waals surface area contributed by atoms with Gasteiger partial charge in [-0.2, -0.15) is 0 Å². The zero-order valence-corrected chi connectivity index (χ0v) is 14.9. The number of benzene rings is 2. The average Bonchev–Trinajstić information content (AvgIpc) is 3.27. The van der Waals surface area contributed by atoms with E-state index in [1.165, 1.54) is 43.4 Å². The molecule has 2 bridgehead atoms. The second-order valence-corrected chi connectivity index (χ2v) is 7.32. The van der Waals surface area contributed by atoms with E-state index in [0.717, 1.165) is 17.9 Å². The van der Waals surface area contributed by atoms with Crippen LogP contribution in [0.3, 0.4) is 0 Å². The van der Waals surface area contributed by atoms with Gasteiger partial charge < -0.3 is 9.47 Å². The molecule has 2 fully saturated rings. The predicted molar refractivity (Wildman–Crippen MR) is 97.1 cm³/mol. The Morgan fingerprint density at radius 2 is 1.92 bits per heavy atom. The molecule has 0 heterocycles. The number of hydrogen-bond acceptors (Lipinski definition) is 3. The predicted octanol–water partition coefficient (Wildman–Crippen LogP) is 5.70. The first-order chi connectivity index (χ1) is 12.6. The highest BCUT2D eigenvalue weighted by molar-refractivity contribution is 5.89. The zero-order valence-electron chi connectivity index (χ0n) is 14.9. The molecule has 136 valence electrons. The molecule has 0 N–H and O–H groups in total. The monoisotopic (exact) mass is 354 g/mol. The van der Waals surface area contributed by atoms with Gasteiger partial charge in [-0.3, -0.25) is 0 Å². The third-order valence-corrected chi connectivity index (χ3v) is 5.72. The van der Waals surface area contributed by atoms with Crippen molar-refractivity contribution in [3.05, 3.63) is 59.4 Å². The fourth-order valence-corrected chi connectivity index (χ4v) is 4.49. The van der Waals surface area contributed by atoms with Gasteiger partial charge in [0.05, 0.1) is 12.2 Å². The summed E-state index contributed by atoms with van der Waals surface area (Å²) in [6, 6.07) is 12.1. The normalized spacial score (nSPS) is 23.8. The van der Waals surface area contributed by atoms with Crippen molar-refractivity contribution < 1.29 is 18.7 Å². The van der Waals surface area contributed by atoms with Gasteiger partial charge in [0.2, 0.25) is 0 Å². The van der Waals surface area contributed by atoms with Crippen molar-refractivity contribution in [2.24, 2.45) is 11.8 Å². The molecule has 2 aromatic rings. The standard InChI is InChI=1S/C22H23FO3/c1-2-25-22(24)17-7-10-21(20(23)13-17)26-18-8-5-15(6-9-18)19-12-14-3-4-16(19)11-14/h5-10,13-14,16,19H,2-4,11-12H2,1H3/t14-,16+,19?/m1/s1. The van der Waals surface area contributed by atoms with Crippen LogP contribution in [0.4, 0.5) is 4.39 Å². The fourth-order valence-electron chi connectivity index (χ4n) is 4.49. The molecule has 3 atom stereocenters. The molecule has 0 amide bonds. The van der Waals surface area contributed by atoms with Crippen LogP contribution in [-0.4, -0.2) is 12.6 Å². The molecule has 0 aromatic heterocycles. The van der Waals surface area contributed by atoms with Gasteiger partial charge in [-0.15, -0.1) is 0 Å². The maximum Gasteiger partial charge on any atom is 0.338 e. The Morgan fingerprint density at radius 3 is 2.54 bits per heavy atom. The van der Waals surface area contributed by atoms with Gasteiger partial charge in [-0.25, -0.2) is 9.18 Å². The maximum absolute atomic E-state index is 14.2. The molecule has 26 heavy (non-hydrogen) atoms. The molecule has 1 unspecified atom stereocenters. The lowest BCUT2D eigenvalue weighted by atomic mass is 9.83. The van der Waals surface area contributed by atoms with Crippen molar-refractivity contribution in [1.29, 1.82) is 0 Å². The van der Waals surface area contributed by atoms with Gasteiger partial charge in [0, 0.05) is 0 Å². The minimum Gasteiger partial charge on any atom is -0.462 e. The third kappa shape index (κ3) is 3.33. The molecule has 0 aliphatic heterocycles. The second kappa shape index (κ2) is 7.10. The quantitative estimate of drug-likeness (QED) is 0.646. The SMILES string of the molecule is CCOC(=O)c1ccc(Oc2ccc(C3C[C@@H]4CC[C@H]3C4)cc2)c(F)c1. The first kappa shape index (κ1) is 17.1. The van der Waals surface area contributed by atoms with Crippen LogP contribution in [0, 0.1) is 17.7 Å². The smallest absolute Gasteiger partial charge is 0.338 e. The summed E-state index contributed by atoms with van der Waals surface area (Å²) in [4.78, 5) is 11.7. The van der Waals surface area contributed by atoms with E-state index in [0.29, 0.717) is 11.7 Å². The summed E-state index contributed by atoms with van der Waals surface area (Å²) in [6.07, 6.45) is 5.42. The highest BCUT2D eigenvalue weighted by Crippen LogP contribution is 2.52. The maximum atomic E-state index is 14.2. The zero-order chi connectivity index (χ0) is 18.1. The van der Waals surface area contributed by atoms with Crippen LogP contribution in [-0.2, 0) is 4.74 Å². The molecule has 0 saturated heterocycles. The summed E-state index contributed by atoms with van der Waals surface area (Å²) < 4.78 is 24.8. The Morgan fingerprint density at radius 1 is 1.12 bits per heavy atom. The number of esters is 1. The number of carbonyl (C=O) groups excluding carboxylic acids is 1. The Labute approximate surface area is 153 Å². The van der Waals surface area contributed by atoms with Gasteiger partial charge in [0.1, 0.15) is 5.75 Å². The van der Waals surface area contributed by atoms with Crippen molar-refractivity contribution in [2.75, 3.05) is 6.61 Å². The molecule has 4 heteroatoms. The summed E-state index contributed by atoms with van der Waals surface area (Å²) in [5.41, 5.74) is 1.55. The average molecular weight is 354 g/mol. The number of ether oxygens (including phenoxy) is 2. The van der Waals surface area contributed by atoms with Crippen LogP contribution in [0.15, 0.2) is 42.5 Å². The summed E-state index contributed by atoms with van der Waals surface area (Å²) in [6.45, 7) is 1.97. The molecule has 2 aliphatic rings. The molecule has 0 spiro atoms. The fraction of sp³-hybridized carbons (Fsp3) is 0.409. The summed E-state index contributed by atoms with van der Waals surface area (Å²) >= 11 is 0. The first-order valence-electron chi connectivity index (χ1n) is 9.38. The van der Waals surface area contributed by atoms with Crippen LogP contribution in [0.2, 0.25) is 0 Å². The van der Waals surface area contributed by atoms with Crippen molar-refractivity contribution in [2.45, 2.75) is 38.5 Å². The summed E-state index contributed by atoms with van der Waals surface area (Å²) in [5.74, 6) is 2.00. The third-order valence-electron chi connectivity index (χ3n) is 5.72.